The number of nitrogens with one attached hydrogen (secondary N) is 1. The van der Waals surface area contributed by atoms with E-state index < -0.39 is 22.0 Å². The fourth-order valence-corrected chi connectivity index (χ4v) is 3.17. The molecule has 0 amide bonds. The maximum atomic E-state index is 11.5. The monoisotopic (exact) mass is 379 g/mol. The summed E-state index contributed by atoms with van der Waals surface area (Å²) in [7, 11) is -3.29. The third kappa shape index (κ3) is 5.81. The van der Waals surface area contributed by atoms with E-state index in [0.29, 0.717) is 12.2 Å². The van der Waals surface area contributed by atoms with Crippen molar-refractivity contribution in [1.82, 2.24) is 5.32 Å². The van der Waals surface area contributed by atoms with E-state index in [1.165, 1.54) is 12.1 Å². The van der Waals surface area contributed by atoms with Gasteiger partial charge in [-0.15, -0.1) is 0 Å². The average molecular weight is 379 g/mol. The molecular weight excluding hydrogens is 354 g/mol. The van der Waals surface area contributed by atoms with Crippen LogP contribution in [0, 0.1) is 0 Å². The summed E-state index contributed by atoms with van der Waals surface area (Å²) in [6.07, 6.45) is 0.151. The Morgan fingerprint density at radius 2 is 1.69 bits per heavy atom. The number of aliphatic hydroxyl groups is 2. The lowest BCUT2D eigenvalue weighted by Crippen LogP contribution is -2.45. The lowest BCUT2D eigenvalue weighted by Gasteiger charge is -2.26. The number of ether oxygens (including phenoxy) is 1. The molecule has 0 aliphatic carbocycles. The molecule has 0 heterocycles. The number of para-hydroxylation sites is 1. The Bertz CT molecular complexity index is 777. The zero-order chi connectivity index (χ0) is 19.2. The maximum Gasteiger partial charge on any atom is 0.175 e. The Labute approximate surface area is 154 Å². The fourth-order valence-electron chi connectivity index (χ4n) is 2.54. The van der Waals surface area contributed by atoms with Gasteiger partial charge in [0.15, 0.2) is 9.84 Å². The van der Waals surface area contributed by atoms with Crippen LogP contribution in [0.25, 0.3) is 0 Å². The number of rotatable bonds is 9. The molecule has 0 bridgehead atoms. The number of hydrogen-bond donors (Lipinski definition) is 3. The van der Waals surface area contributed by atoms with Gasteiger partial charge in [0.2, 0.25) is 0 Å². The van der Waals surface area contributed by atoms with Crippen LogP contribution in [0.4, 0.5) is 0 Å². The molecule has 6 nitrogen and oxygen atoms in total. The number of hydrogen-bond acceptors (Lipinski definition) is 6. The second-order valence-electron chi connectivity index (χ2n) is 6.27. The van der Waals surface area contributed by atoms with Crippen LogP contribution in [0.1, 0.15) is 18.6 Å². The molecule has 7 heteroatoms. The highest BCUT2D eigenvalue weighted by Gasteiger charge is 2.22. The quantitative estimate of drug-likeness (QED) is 0.612. The molecule has 0 radical (unpaired) electrons. The van der Waals surface area contributed by atoms with E-state index >= 15 is 0 Å². The van der Waals surface area contributed by atoms with Crippen LogP contribution in [-0.4, -0.2) is 50.2 Å². The highest BCUT2D eigenvalue weighted by atomic mass is 32.2. The predicted molar refractivity (Wildman–Crippen MR) is 99.9 cm³/mol. The lowest BCUT2D eigenvalue weighted by atomic mass is 10.0. The van der Waals surface area contributed by atoms with E-state index in [0.717, 1.165) is 12.0 Å². The van der Waals surface area contributed by atoms with Gasteiger partial charge in [0.1, 0.15) is 12.4 Å². The predicted octanol–water partition coefficient (Wildman–Crippen LogP) is 1.54. The molecule has 0 fully saturated rings. The second-order valence-corrected chi connectivity index (χ2v) is 8.28. The van der Waals surface area contributed by atoms with Crippen molar-refractivity contribution < 1.29 is 23.4 Å². The first kappa shape index (κ1) is 20.4. The molecule has 0 aliphatic heterocycles. The minimum atomic E-state index is -3.29. The summed E-state index contributed by atoms with van der Waals surface area (Å²) < 4.78 is 28.7. The van der Waals surface area contributed by atoms with Crippen LogP contribution in [-0.2, 0) is 9.84 Å². The van der Waals surface area contributed by atoms with Crippen molar-refractivity contribution in [2.24, 2.45) is 0 Å². The molecule has 3 N–H and O–H groups in total. The number of benzene rings is 2. The van der Waals surface area contributed by atoms with Gasteiger partial charge in [-0.1, -0.05) is 30.3 Å². The molecule has 0 saturated carbocycles. The van der Waals surface area contributed by atoms with Crippen molar-refractivity contribution >= 4 is 9.84 Å². The van der Waals surface area contributed by atoms with Gasteiger partial charge in [0.25, 0.3) is 0 Å². The molecule has 0 spiro atoms. The summed E-state index contributed by atoms with van der Waals surface area (Å²) in [5.41, 5.74) is 0.528. The highest BCUT2D eigenvalue weighted by Crippen LogP contribution is 2.20. The third-order valence-electron chi connectivity index (χ3n) is 3.97. The van der Waals surface area contributed by atoms with Gasteiger partial charge >= 0.3 is 0 Å². The van der Waals surface area contributed by atoms with Gasteiger partial charge < -0.3 is 20.3 Å². The van der Waals surface area contributed by atoms with E-state index in [9.17, 15) is 18.6 Å². The van der Waals surface area contributed by atoms with E-state index in [1.54, 1.807) is 12.1 Å². The topological polar surface area (TPSA) is 95.9 Å². The third-order valence-corrected chi connectivity index (χ3v) is 5.10. The number of sulfone groups is 1. The summed E-state index contributed by atoms with van der Waals surface area (Å²) in [6.45, 7) is 2.00. The average Bonchev–Trinajstić information content (AvgIpc) is 2.64. The maximum absolute atomic E-state index is 11.5. The van der Waals surface area contributed by atoms with E-state index in [-0.39, 0.29) is 17.5 Å². The molecule has 0 unspecified atom stereocenters. The lowest BCUT2D eigenvalue weighted by molar-refractivity contribution is 0.0797. The van der Waals surface area contributed by atoms with Gasteiger partial charge in [-0.05, 0) is 36.8 Å². The normalized spacial score (nSPS) is 15.2. The van der Waals surface area contributed by atoms with Crippen LogP contribution in [0.5, 0.6) is 5.75 Å². The highest BCUT2D eigenvalue weighted by molar-refractivity contribution is 7.90. The molecule has 2 aromatic carbocycles. The summed E-state index contributed by atoms with van der Waals surface area (Å²) in [6, 6.07) is 14.7. The van der Waals surface area contributed by atoms with Crippen LogP contribution in [0.3, 0.4) is 0 Å². The Hall–Kier alpha value is -1.93. The smallest absolute Gasteiger partial charge is 0.175 e. The van der Waals surface area contributed by atoms with Crippen molar-refractivity contribution in [3.8, 4) is 5.75 Å². The molecule has 3 atom stereocenters. The Morgan fingerprint density at radius 3 is 2.23 bits per heavy atom. The summed E-state index contributed by atoms with van der Waals surface area (Å²) in [4.78, 5) is 0.187. The molecule has 0 aliphatic rings. The van der Waals surface area contributed by atoms with Crippen LogP contribution in [0.2, 0.25) is 0 Å². The molecule has 26 heavy (non-hydrogen) atoms. The molecule has 2 rings (SSSR count). The zero-order valence-corrected chi connectivity index (χ0v) is 15.7. The Balaban J connectivity index is 1.96. The van der Waals surface area contributed by atoms with Gasteiger partial charge in [-0.2, -0.15) is 0 Å². The van der Waals surface area contributed by atoms with Crippen molar-refractivity contribution in [1.29, 1.82) is 0 Å². The second kappa shape index (κ2) is 9.14. The minimum absolute atomic E-state index is 0.114. The standard InChI is InChI=1S/C19H25NO5S/c1-14(13-25-16-6-4-3-5-7-16)20-18(12-21)19(22)15-8-10-17(11-9-15)26(2,23)24/h3-11,14,18-22H,12-13H2,1-2H3/t14-,18+,19+/m1/s1. The van der Waals surface area contributed by atoms with E-state index in [1.807, 2.05) is 37.3 Å². The first-order valence-electron chi connectivity index (χ1n) is 8.34. The van der Waals surface area contributed by atoms with Gasteiger partial charge in [-0.3, -0.25) is 0 Å². The molecule has 0 aromatic heterocycles. The summed E-state index contributed by atoms with van der Waals surface area (Å²) >= 11 is 0. The van der Waals surface area contributed by atoms with Crippen molar-refractivity contribution in [2.45, 2.75) is 30.0 Å². The van der Waals surface area contributed by atoms with Gasteiger partial charge in [0, 0.05) is 12.3 Å². The van der Waals surface area contributed by atoms with Crippen molar-refractivity contribution in [3.05, 3.63) is 60.2 Å². The first-order valence-corrected chi connectivity index (χ1v) is 10.2. The fraction of sp³-hybridized carbons (Fsp3) is 0.368. The van der Waals surface area contributed by atoms with Crippen molar-refractivity contribution in [3.63, 3.8) is 0 Å². The summed E-state index contributed by atoms with van der Waals surface area (Å²) in [5, 5.41) is 23.2. The Morgan fingerprint density at radius 1 is 1.08 bits per heavy atom. The van der Waals surface area contributed by atoms with Gasteiger partial charge in [-0.25, -0.2) is 8.42 Å². The van der Waals surface area contributed by atoms with Crippen LogP contribution >= 0.6 is 0 Å². The minimum Gasteiger partial charge on any atom is -0.492 e. The first-order chi connectivity index (χ1) is 12.3. The number of aliphatic hydroxyl groups excluding tert-OH is 2. The van der Waals surface area contributed by atoms with E-state index in [4.69, 9.17) is 4.74 Å². The van der Waals surface area contributed by atoms with Crippen LogP contribution in [0.15, 0.2) is 59.5 Å². The molecular formula is C19H25NO5S. The Kier molecular flexibility index (Phi) is 7.16. The molecule has 0 saturated heterocycles. The summed E-state index contributed by atoms with van der Waals surface area (Å²) in [5.74, 6) is 0.749. The van der Waals surface area contributed by atoms with Crippen molar-refractivity contribution in [2.75, 3.05) is 19.5 Å². The largest absolute Gasteiger partial charge is 0.492 e. The molecule has 2 aromatic rings. The molecule has 142 valence electrons. The zero-order valence-electron chi connectivity index (χ0n) is 14.9. The van der Waals surface area contributed by atoms with Gasteiger partial charge in [0.05, 0.1) is 23.6 Å². The van der Waals surface area contributed by atoms with E-state index in [2.05, 4.69) is 5.32 Å². The van der Waals surface area contributed by atoms with Crippen LogP contribution < -0.4 is 10.1 Å². The SMILES string of the molecule is C[C@H](COc1ccccc1)N[C@@H](CO)[C@@H](O)c1ccc(S(C)(=O)=O)cc1.